The normalized spacial score (nSPS) is 23.3. The van der Waals surface area contributed by atoms with Crippen LogP contribution in [-0.2, 0) is 4.79 Å². The fourth-order valence-electron chi connectivity index (χ4n) is 3.81. The van der Waals surface area contributed by atoms with Gasteiger partial charge in [-0.1, -0.05) is 0 Å². The fraction of sp³-hybridized carbons (Fsp3) is 0.579. The van der Waals surface area contributed by atoms with Gasteiger partial charge in [-0.3, -0.25) is 9.59 Å². The number of nitrogens with one attached hydrogen (secondary N) is 1. The molecule has 2 saturated heterocycles. The number of halogens is 2. The lowest BCUT2D eigenvalue weighted by Crippen LogP contribution is -2.52. The minimum absolute atomic E-state index is 0. The van der Waals surface area contributed by atoms with E-state index in [9.17, 15) is 14.0 Å². The van der Waals surface area contributed by atoms with Crippen molar-refractivity contribution >= 4 is 24.2 Å². The van der Waals surface area contributed by atoms with E-state index in [1.807, 2.05) is 11.9 Å². The van der Waals surface area contributed by atoms with Crippen molar-refractivity contribution in [2.45, 2.75) is 31.7 Å². The summed E-state index contributed by atoms with van der Waals surface area (Å²) in [5.74, 6) is -0.443. The second kappa shape index (κ2) is 9.33. The molecule has 7 heteroatoms. The van der Waals surface area contributed by atoms with E-state index in [-0.39, 0.29) is 36.0 Å². The van der Waals surface area contributed by atoms with Crippen LogP contribution in [0.1, 0.15) is 36.0 Å². The highest BCUT2D eigenvalue weighted by atomic mass is 35.5. The molecule has 2 heterocycles. The molecule has 26 heavy (non-hydrogen) atoms. The molecule has 2 aliphatic rings. The van der Waals surface area contributed by atoms with Gasteiger partial charge < -0.3 is 15.1 Å². The predicted molar refractivity (Wildman–Crippen MR) is 101 cm³/mol. The number of carbonyl (C=O) groups is 2. The SMILES string of the molecule is CNC1CCCN(C(=O)C2CCCN(C(=O)c3ccc(F)cc3)C2)C1.Cl. The molecular formula is C19H27ClFN3O2. The first kappa shape index (κ1) is 20.6. The molecule has 1 aromatic rings. The summed E-state index contributed by atoms with van der Waals surface area (Å²) in [7, 11) is 1.93. The molecule has 1 aromatic carbocycles. The summed E-state index contributed by atoms with van der Waals surface area (Å²) < 4.78 is 13.0. The van der Waals surface area contributed by atoms with Crippen LogP contribution in [-0.4, -0.2) is 60.9 Å². The molecule has 2 amide bonds. The van der Waals surface area contributed by atoms with Crippen LogP contribution in [0.15, 0.2) is 24.3 Å². The lowest BCUT2D eigenvalue weighted by molar-refractivity contribution is -0.138. The molecule has 2 aliphatic heterocycles. The van der Waals surface area contributed by atoms with Gasteiger partial charge in [0.05, 0.1) is 5.92 Å². The van der Waals surface area contributed by atoms with Crippen molar-refractivity contribution in [1.29, 1.82) is 0 Å². The Bertz CT molecular complexity index is 626. The van der Waals surface area contributed by atoms with Gasteiger partial charge in [0, 0.05) is 37.8 Å². The lowest BCUT2D eigenvalue weighted by Gasteiger charge is -2.38. The Hall–Kier alpha value is -1.66. The van der Waals surface area contributed by atoms with Crippen LogP contribution in [0.2, 0.25) is 0 Å². The Morgan fingerprint density at radius 3 is 2.38 bits per heavy atom. The largest absolute Gasteiger partial charge is 0.341 e. The molecule has 2 unspecified atom stereocenters. The van der Waals surface area contributed by atoms with Crippen molar-refractivity contribution in [2.24, 2.45) is 5.92 Å². The second-order valence-electron chi connectivity index (χ2n) is 7.01. The maximum Gasteiger partial charge on any atom is 0.253 e. The summed E-state index contributed by atoms with van der Waals surface area (Å²) in [6.07, 6.45) is 3.77. The number of benzene rings is 1. The zero-order valence-corrected chi connectivity index (χ0v) is 15.9. The molecule has 5 nitrogen and oxygen atoms in total. The molecule has 1 N–H and O–H groups in total. The molecule has 3 rings (SSSR count). The monoisotopic (exact) mass is 383 g/mol. The summed E-state index contributed by atoms with van der Waals surface area (Å²) in [5, 5.41) is 3.26. The van der Waals surface area contributed by atoms with Gasteiger partial charge in [0.1, 0.15) is 5.82 Å². The first-order valence-corrected chi connectivity index (χ1v) is 9.09. The van der Waals surface area contributed by atoms with Crippen LogP contribution in [0.3, 0.4) is 0 Å². The number of rotatable bonds is 3. The van der Waals surface area contributed by atoms with E-state index in [0.717, 1.165) is 38.8 Å². The first-order chi connectivity index (χ1) is 12.1. The predicted octanol–water partition coefficient (Wildman–Crippen LogP) is 2.31. The third-order valence-corrected chi connectivity index (χ3v) is 5.29. The molecule has 0 saturated carbocycles. The second-order valence-corrected chi connectivity index (χ2v) is 7.01. The molecule has 2 fully saturated rings. The number of likely N-dealkylation sites (tertiary alicyclic amines) is 2. The maximum absolute atomic E-state index is 13.0. The number of nitrogens with zero attached hydrogens (tertiary/aromatic N) is 2. The molecule has 0 aromatic heterocycles. The van der Waals surface area contributed by atoms with Crippen molar-refractivity contribution in [3.05, 3.63) is 35.6 Å². The average molecular weight is 384 g/mol. The van der Waals surface area contributed by atoms with Gasteiger partial charge in [-0.05, 0) is 57.0 Å². The van der Waals surface area contributed by atoms with E-state index >= 15 is 0 Å². The number of carbonyl (C=O) groups excluding carboxylic acids is 2. The average Bonchev–Trinajstić information content (AvgIpc) is 2.67. The Balaban J connectivity index is 0.00000243. The van der Waals surface area contributed by atoms with E-state index in [2.05, 4.69) is 5.32 Å². The minimum atomic E-state index is -0.354. The van der Waals surface area contributed by atoms with E-state index in [1.165, 1.54) is 24.3 Å². The van der Waals surface area contributed by atoms with E-state index in [4.69, 9.17) is 0 Å². The highest BCUT2D eigenvalue weighted by Gasteiger charge is 2.33. The third-order valence-electron chi connectivity index (χ3n) is 5.29. The summed E-state index contributed by atoms with van der Waals surface area (Å²) in [5.41, 5.74) is 0.475. The van der Waals surface area contributed by atoms with Crippen LogP contribution >= 0.6 is 12.4 Å². The molecule has 0 bridgehead atoms. The minimum Gasteiger partial charge on any atom is -0.341 e. The Labute approximate surface area is 160 Å². The zero-order valence-electron chi connectivity index (χ0n) is 15.1. The van der Waals surface area contributed by atoms with Crippen LogP contribution in [0.25, 0.3) is 0 Å². The lowest BCUT2D eigenvalue weighted by atomic mass is 9.94. The van der Waals surface area contributed by atoms with Crippen molar-refractivity contribution in [2.75, 3.05) is 33.2 Å². The van der Waals surface area contributed by atoms with Crippen LogP contribution in [0.4, 0.5) is 4.39 Å². The van der Waals surface area contributed by atoms with Gasteiger partial charge in [0.15, 0.2) is 0 Å². The molecule has 144 valence electrons. The van der Waals surface area contributed by atoms with Crippen molar-refractivity contribution in [1.82, 2.24) is 15.1 Å². The van der Waals surface area contributed by atoms with Gasteiger partial charge in [-0.25, -0.2) is 4.39 Å². The summed E-state index contributed by atoms with van der Waals surface area (Å²) >= 11 is 0. The topological polar surface area (TPSA) is 52.7 Å². The molecule has 0 spiro atoms. The number of likely N-dealkylation sites (N-methyl/N-ethyl adjacent to an activating group) is 1. The van der Waals surface area contributed by atoms with Crippen LogP contribution < -0.4 is 5.32 Å². The Morgan fingerprint density at radius 1 is 1.04 bits per heavy atom. The Morgan fingerprint density at radius 2 is 1.69 bits per heavy atom. The van der Waals surface area contributed by atoms with Gasteiger partial charge in [-0.15, -0.1) is 12.4 Å². The smallest absolute Gasteiger partial charge is 0.253 e. The first-order valence-electron chi connectivity index (χ1n) is 9.09. The van der Waals surface area contributed by atoms with Crippen LogP contribution in [0.5, 0.6) is 0 Å². The zero-order chi connectivity index (χ0) is 17.8. The Kier molecular flexibility index (Phi) is 7.41. The summed E-state index contributed by atoms with van der Waals surface area (Å²) in [6.45, 7) is 2.66. The maximum atomic E-state index is 13.0. The molecule has 0 radical (unpaired) electrons. The third kappa shape index (κ3) is 4.74. The quantitative estimate of drug-likeness (QED) is 0.871. The van der Waals surface area contributed by atoms with Gasteiger partial charge in [-0.2, -0.15) is 0 Å². The molecule has 0 aliphatic carbocycles. The highest BCUT2D eigenvalue weighted by molar-refractivity contribution is 5.94. The summed E-state index contributed by atoms with van der Waals surface area (Å²) in [6, 6.07) is 5.96. The standard InChI is InChI=1S/C19H26FN3O2.ClH/c1-21-17-5-3-11-23(13-17)19(25)15-4-2-10-22(12-15)18(24)14-6-8-16(20)9-7-14;/h6-9,15,17,21H,2-5,10-13H2,1H3;1H. The number of hydrogen-bond acceptors (Lipinski definition) is 3. The van der Waals surface area contributed by atoms with E-state index < -0.39 is 0 Å². The number of piperidine rings is 2. The van der Waals surface area contributed by atoms with Gasteiger partial charge >= 0.3 is 0 Å². The number of amides is 2. The van der Waals surface area contributed by atoms with Gasteiger partial charge in [0.2, 0.25) is 5.91 Å². The highest BCUT2D eigenvalue weighted by Crippen LogP contribution is 2.22. The van der Waals surface area contributed by atoms with Crippen molar-refractivity contribution in [3.8, 4) is 0 Å². The summed E-state index contributed by atoms with van der Waals surface area (Å²) in [4.78, 5) is 29.2. The van der Waals surface area contributed by atoms with Crippen molar-refractivity contribution in [3.63, 3.8) is 0 Å². The molecule has 2 atom stereocenters. The van der Waals surface area contributed by atoms with Crippen LogP contribution in [0, 0.1) is 11.7 Å². The van der Waals surface area contributed by atoms with Gasteiger partial charge in [0.25, 0.3) is 5.91 Å². The number of hydrogen-bond donors (Lipinski definition) is 1. The van der Waals surface area contributed by atoms with E-state index in [1.54, 1.807) is 4.90 Å². The van der Waals surface area contributed by atoms with E-state index in [0.29, 0.717) is 24.7 Å². The fourth-order valence-corrected chi connectivity index (χ4v) is 3.81. The molecular weight excluding hydrogens is 357 g/mol. The van der Waals surface area contributed by atoms with Crippen molar-refractivity contribution < 1.29 is 14.0 Å².